The Morgan fingerprint density at radius 3 is 1.78 bits per heavy atom. The van der Waals surface area contributed by atoms with Crippen molar-refractivity contribution in [2.45, 2.75) is 12.8 Å². The lowest BCUT2D eigenvalue weighted by atomic mass is 9.85. The molecule has 0 unspecified atom stereocenters. The first-order valence-electron chi connectivity index (χ1n) is 8.66. The van der Waals surface area contributed by atoms with E-state index in [0.29, 0.717) is 24.0 Å². The van der Waals surface area contributed by atoms with E-state index in [-0.39, 0.29) is 18.1 Å². The smallest absolute Gasteiger partial charge is 0.249 e. The molecule has 0 aliphatic carbocycles. The van der Waals surface area contributed by atoms with Crippen LogP contribution >= 0.6 is 0 Å². The molecule has 3 aromatic carbocycles. The van der Waals surface area contributed by atoms with Gasteiger partial charge in [0, 0.05) is 17.7 Å². The van der Waals surface area contributed by atoms with Crippen molar-refractivity contribution in [2.24, 2.45) is 5.73 Å². The van der Waals surface area contributed by atoms with E-state index in [1.807, 2.05) is 6.07 Å². The zero-order valence-corrected chi connectivity index (χ0v) is 14.7. The number of hydrogen-bond donors (Lipinski definition) is 4. The lowest BCUT2D eigenvalue weighted by Crippen LogP contribution is -2.14. The van der Waals surface area contributed by atoms with Crippen LogP contribution in [-0.2, 0) is 6.42 Å². The van der Waals surface area contributed by atoms with Crippen molar-refractivity contribution >= 4 is 5.91 Å². The Morgan fingerprint density at radius 1 is 0.778 bits per heavy atom. The maximum Gasteiger partial charge on any atom is 0.249 e. The molecule has 0 saturated carbocycles. The number of nitrogens with two attached hydrogens (primary N) is 1. The third-order valence-corrected chi connectivity index (χ3v) is 4.47. The second kappa shape index (κ2) is 7.93. The lowest BCUT2D eigenvalue weighted by molar-refractivity contribution is 0.100. The number of amides is 1. The van der Waals surface area contributed by atoms with Gasteiger partial charge in [-0.3, -0.25) is 4.79 Å². The van der Waals surface area contributed by atoms with Gasteiger partial charge in [-0.25, -0.2) is 0 Å². The van der Waals surface area contributed by atoms with Crippen LogP contribution in [0.3, 0.4) is 0 Å². The highest BCUT2D eigenvalue weighted by Crippen LogP contribution is 2.39. The monoisotopic (exact) mass is 363 g/mol. The molecule has 0 aliphatic heterocycles. The number of benzene rings is 3. The van der Waals surface area contributed by atoms with Gasteiger partial charge in [-0.15, -0.1) is 0 Å². The average Bonchev–Trinajstić information content (AvgIpc) is 2.67. The van der Waals surface area contributed by atoms with Crippen LogP contribution in [0.4, 0.5) is 0 Å². The summed E-state index contributed by atoms with van der Waals surface area (Å²) in [4.78, 5) is 12.1. The molecular formula is C22H21NO4. The Bertz CT molecular complexity index is 947. The number of aromatic hydroxyl groups is 2. The Morgan fingerprint density at radius 2 is 1.30 bits per heavy atom. The van der Waals surface area contributed by atoms with Crippen molar-refractivity contribution in [2.75, 3.05) is 6.61 Å². The molecule has 0 aliphatic rings. The van der Waals surface area contributed by atoms with Crippen molar-refractivity contribution in [1.82, 2.24) is 0 Å². The molecule has 1 amide bonds. The zero-order chi connectivity index (χ0) is 19.4. The lowest BCUT2D eigenvalue weighted by Gasteiger charge is -2.19. The number of rotatable bonds is 6. The SMILES string of the molecule is NC(=O)c1ccc(CCCO)c(-c2ccc(O)cc2)c1-c1ccc(O)cc1. The molecule has 0 spiro atoms. The molecule has 3 rings (SSSR count). The van der Waals surface area contributed by atoms with E-state index in [4.69, 9.17) is 5.73 Å². The van der Waals surface area contributed by atoms with Gasteiger partial charge in [0.15, 0.2) is 0 Å². The van der Waals surface area contributed by atoms with Crippen LogP contribution in [0.15, 0.2) is 60.7 Å². The predicted molar refractivity (Wildman–Crippen MR) is 105 cm³/mol. The molecule has 5 nitrogen and oxygen atoms in total. The van der Waals surface area contributed by atoms with Gasteiger partial charge >= 0.3 is 0 Å². The van der Waals surface area contributed by atoms with Gasteiger partial charge < -0.3 is 21.1 Å². The summed E-state index contributed by atoms with van der Waals surface area (Å²) in [6, 6.07) is 16.9. The fourth-order valence-corrected chi connectivity index (χ4v) is 3.21. The molecular weight excluding hydrogens is 342 g/mol. The van der Waals surface area contributed by atoms with E-state index in [9.17, 15) is 20.1 Å². The van der Waals surface area contributed by atoms with Gasteiger partial charge in [0.05, 0.1) is 0 Å². The van der Waals surface area contributed by atoms with Crippen LogP contribution < -0.4 is 5.73 Å². The van der Waals surface area contributed by atoms with Gasteiger partial charge in [0.25, 0.3) is 0 Å². The molecule has 0 bridgehead atoms. The Kier molecular flexibility index (Phi) is 5.43. The Balaban J connectivity index is 2.33. The molecule has 138 valence electrons. The number of aliphatic hydroxyl groups excluding tert-OH is 1. The topological polar surface area (TPSA) is 104 Å². The van der Waals surface area contributed by atoms with Gasteiger partial charge in [-0.2, -0.15) is 0 Å². The summed E-state index contributed by atoms with van der Waals surface area (Å²) in [5.74, 6) is -0.276. The van der Waals surface area contributed by atoms with Crippen LogP contribution in [0.5, 0.6) is 11.5 Å². The van der Waals surface area contributed by atoms with Crippen LogP contribution in [0, 0.1) is 0 Å². The van der Waals surface area contributed by atoms with Crippen molar-refractivity contribution < 1.29 is 20.1 Å². The van der Waals surface area contributed by atoms with E-state index < -0.39 is 5.91 Å². The summed E-state index contributed by atoms with van der Waals surface area (Å²) in [7, 11) is 0. The summed E-state index contributed by atoms with van der Waals surface area (Å²) in [5.41, 5.74) is 10.0. The minimum Gasteiger partial charge on any atom is -0.508 e. The zero-order valence-electron chi connectivity index (χ0n) is 14.7. The Labute approximate surface area is 157 Å². The van der Waals surface area contributed by atoms with Gasteiger partial charge in [0.1, 0.15) is 11.5 Å². The minimum atomic E-state index is -0.549. The van der Waals surface area contributed by atoms with E-state index in [0.717, 1.165) is 22.3 Å². The molecule has 0 aromatic heterocycles. The number of phenolic OH excluding ortho intramolecular Hbond substituents is 2. The fraction of sp³-hybridized carbons (Fsp3) is 0.136. The van der Waals surface area contributed by atoms with Crippen LogP contribution in [-0.4, -0.2) is 27.8 Å². The van der Waals surface area contributed by atoms with E-state index in [1.54, 1.807) is 54.6 Å². The largest absolute Gasteiger partial charge is 0.508 e. The number of carbonyl (C=O) groups excluding carboxylic acids is 1. The number of carbonyl (C=O) groups is 1. The number of hydrogen-bond acceptors (Lipinski definition) is 4. The normalized spacial score (nSPS) is 10.7. The average molecular weight is 363 g/mol. The van der Waals surface area contributed by atoms with Gasteiger partial charge in [0.2, 0.25) is 5.91 Å². The van der Waals surface area contributed by atoms with Crippen LogP contribution in [0.1, 0.15) is 22.3 Å². The molecule has 5 heteroatoms. The third kappa shape index (κ3) is 3.93. The first-order valence-corrected chi connectivity index (χ1v) is 8.66. The molecule has 5 N–H and O–H groups in total. The summed E-state index contributed by atoms with van der Waals surface area (Å²) >= 11 is 0. The first-order chi connectivity index (χ1) is 13.0. The van der Waals surface area contributed by atoms with E-state index in [1.165, 1.54) is 0 Å². The van der Waals surface area contributed by atoms with Crippen molar-refractivity contribution in [3.8, 4) is 33.8 Å². The molecule has 0 saturated heterocycles. The van der Waals surface area contributed by atoms with E-state index >= 15 is 0 Å². The van der Waals surface area contributed by atoms with Crippen LogP contribution in [0.2, 0.25) is 0 Å². The molecule has 0 fully saturated rings. The molecule has 0 radical (unpaired) electrons. The Hall–Kier alpha value is -3.31. The maximum atomic E-state index is 12.1. The quantitative estimate of drug-likeness (QED) is 0.538. The number of phenols is 2. The van der Waals surface area contributed by atoms with Gasteiger partial charge in [-0.05, 0) is 65.4 Å². The molecule has 0 atom stereocenters. The second-order valence-electron chi connectivity index (χ2n) is 6.31. The third-order valence-electron chi connectivity index (χ3n) is 4.47. The van der Waals surface area contributed by atoms with Crippen molar-refractivity contribution in [1.29, 1.82) is 0 Å². The number of aryl methyl sites for hydroxylation is 1. The predicted octanol–water partition coefficient (Wildman–Crippen LogP) is 3.46. The maximum absolute atomic E-state index is 12.1. The summed E-state index contributed by atoms with van der Waals surface area (Å²) in [6.45, 7) is 0.0567. The highest BCUT2D eigenvalue weighted by Gasteiger charge is 2.19. The van der Waals surface area contributed by atoms with E-state index in [2.05, 4.69) is 0 Å². The second-order valence-corrected chi connectivity index (χ2v) is 6.31. The van der Waals surface area contributed by atoms with Crippen molar-refractivity contribution in [3.63, 3.8) is 0 Å². The summed E-state index contributed by atoms with van der Waals surface area (Å²) in [6.07, 6.45) is 1.20. The molecule has 27 heavy (non-hydrogen) atoms. The van der Waals surface area contributed by atoms with Crippen LogP contribution in [0.25, 0.3) is 22.3 Å². The number of aliphatic hydroxyl groups is 1. The first kappa shape index (κ1) is 18.5. The standard InChI is InChI=1S/C22H21NO4/c23-22(27)19-12-7-14(2-1-13-24)20(15-3-8-17(25)9-4-15)21(19)16-5-10-18(26)11-6-16/h3-12,24-26H,1-2,13H2,(H2,23,27). The highest BCUT2D eigenvalue weighted by atomic mass is 16.3. The van der Waals surface area contributed by atoms with Crippen molar-refractivity contribution in [3.05, 3.63) is 71.8 Å². The fourth-order valence-electron chi connectivity index (χ4n) is 3.21. The van der Waals surface area contributed by atoms with Gasteiger partial charge in [-0.1, -0.05) is 30.3 Å². The summed E-state index contributed by atoms with van der Waals surface area (Å²) in [5, 5.41) is 28.5. The summed E-state index contributed by atoms with van der Waals surface area (Å²) < 4.78 is 0. The minimum absolute atomic E-state index is 0.0567. The molecule has 3 aromatic rings. The number of primary amides is 1. The molecule has 0 heterocycles. The highest BCUT2D eigenvalue weighted by molar-refractivity contribution is 6.04.